The van der Waals surface area contributed by atoms with Crippen molar-refractivity contribution in [3.05, 3.63) is 71.8 Å². The minimum absolute atomic E-state index is 0.124. The Kier molecular flexibility index (Phi) is 6.29. The summed E-state index contributed by atoms with van der Waals surface area (Å²) in [6.07, 6.45) is 0.363. The maximum absolute atomic E-state index is 11.8. The lowest BCUT2D eigenvalue weighted by Gasteiger charge is -2.16. The number of esters is 1. The van der Waals surface area contributed by atoms with Crippen LogP contribution >= 0.6 is 0 Å². The van der Waals surface area contributed by atoms with E-state index >= 15 is 0 Å². The highest BCUT2D eigenvalue weighted by atomic mass is 16.7. The van der Waals surface area contributed by atoms with Gasteiger partial charge in [0.25, 0.3) is 0 Å². The number of carbonyl (C=O) groups is 2. The smallest absolute Gasteiger partial charge is 0.333 e. The molecule has 0 heterocycles. The fourth-order valence-electron chi connectivity index (χ4n) is 1.95. The number of hydroxylamine groups is 1. The van der Waals surface area contributed by atoms with Crippen LogP contribution in [0.5, 0.6) is 0 Å². The summed E-state index contributed by atoms with van der Waals surface area (Å²) in [4.78, 5) is 27.5. The highest BCUT2D eigenvalue weighted by Crippen LogP contribution is 2.06. The lowest BCUT2D eigenvalue weighted by molar-refractivity contribution is -0.156. The van der Waals surface area contributed by atoms with E-state index in [2.05, 4.69) is 10.2 Å². The second-order valence-corrected chi connectivity index (χ2v) is 4.67. The van der Waals surface area contributed by atoms with Crippen molar-refractivity contribution >= 4 is 12.4 Å². The van der Waals surface area contributed by atoms with Gasteiger partial charge in [0, 0.05) is 6.42 Å². The third kappa shape index (κ3) is 5.12. The van der Waals surface area contributed by atoms with Gasteiger partial charge in [0.1, 0.15) is 6.04 Å². The molecule has 0 bridgehead atoms. The monoisotopic (exact) mass is 299 g/mol. The van der Waals surface area contributed by atoms with Crippen LogP contribution in [0, 0.1) is 0 Å². The first-order chi connectivity index (χ1) is 10.8. The molecule has 0 aliphatic heterocycles. The molecule has 22 heavy (non-hydrogen) atoms. The Hall–Kier alpha value is -2.50. The maximum Gasteiger partial charge on any atom is 0.333 e. The molecule has 5 heteroatoms. The number of benzene rings is 2. The number of hydrogen-bond donors (Lipinski definition) is 1. The van der Waals surface area contributed by atoms with Gasteiger partial charge in [-0.3, -0.25) is 9.63 Å². The van der Waals surface area contributed by atoms with E-state index in [-0.39, 0.29) is 6.47 Å². The van der Waals surface area contributed by atoms with Gasteiger partial charge in [-0.15, -0.1) is 0 Å². The van der Waals surface area contributed by atoms with E-state index in [1.54, 1.807) is 0 Å². The maximum atomic E-state index is 11.8. The van der Waals surface area contributed by atoms with Crippen molar-refractivity contribution in [2.75, 3.05) is 0 Å². The molecular weight excluding hydrogens is 282 g/mol. The number of nitrogens with one attached hydrogen (secondary N) is 1. The minimum Gasteiger partial charge on any atom is -0.394 e. The Morgan fingerprint density at radius 2 is 1.59 bits per heavy atom. The first-order valence-electron chi connectivity index (χ1n) is 6.89. The zero-order valence-electron chi connectivity index (χ0n) is 12.0. The van der Waals surface area contributed by atoms with Crippen molar-refractivity contribution in [2.24, 2.45) is 0 Å². The Labute approximate surface area is 128 Å². The number of ether oxygens (including phenoxy) is 1. The van der Waals surface area contributed by atoms with Crippen molar-refractivity contribution in [3.63, 3.8) is 0 Å². The average molecular weight is 299 g/mol. The van der Waals surface area contributed by atoms with Crippen LogP contribution in [0.25, 0.3) is 0 Å². The van der Waals surface area contributed by atoms with Gasteiger partial charge >= 0.3 is 12.4 Å². The summed E-state index contributed by atoms with van der Waals surface area (Å²) < 4.78 is 4.42. The highest BCUT2D eigenvalue weighted by Gasteiger charge is 2.20. The molecule has 0 spiro atoms. The average Bonchev–Trinajstić information content (AvgIpc) is 2.56. The van der Waals surface area contributed by atoms with Crippen LogP contribution in [0.15, 0.2) is 60.7 Å². The van der Waals surface area contributed by atoms with Crippen molar-refractivity contribution in [1.29, 1.82) is 0 Å². The van der Waals surface area contributed by atoms with Crippen molar-refractivity contribution in [3.8, 4) is 0 Å². The summed E-state index contributed by atoms with van der Waals surface area (Å²) in [7, 11) is 0. The van der Waals surface area contributed by atoms with Crippen LogP contribution in [0.1, 0.15) is 11.1 Å². The fraction of sp³-hybridized carbons (Fsp3) is 0.176. The molecule has 0 aromatic heterocycles. The van der Waals surface area contributed by atoms with Crippen LogP contribution in [0.2, 0.25) is 0 Å². The molecular formula is C17H17NO4. The van der Waals surface area contributed by atoms with Crippen LogP contribution in [0.3, 0.4) is 0 Å². The molecule has 1 atom stereocenters. The van der Waals surface area contributed by atoms with Crippen molar-refractivity contribution < 1.29 is 19.2 Å². The van der Waals surface area contributed by atoms with Crippen LogP contribution in [-0.2, 0) is 32.2 Å². The molecule has 114 valence electrons. The second kappa shape index (κ2) is 8.71. The Morgan fingerprint density at radius 3 is 2.18 bits per heavy atom. The summed E-state index contributed by atoms with van der Waals surface area (Å²) in [5.41, 5.74) is 4.57. The third-order valence-electron chi connectivity index (χ3n) is 3.04. The molecule has 1 N–H and O–H groups in total. The molecule has 0 aliphatic carbocycles. The standard InChI is InChI=1S/C17H17NO4/c19-13-21-17(20)16(11-14-7-3-1-4-8-14)18-22-12-15-9-5-2-6-10-15/h1-10,13,16,18H,11-12H2/t16-/m0/s1. The van der Waals surface area contributed by atoms with E-state index in [0.29, 0.717) is 13.0 Å². The zero-order chi connectivity index (χ0) is 15.6. The third-order valence-corrected chi connectivity index (χ3v) is 3.04. The lowest BCUT2D eigenvalue weighted by Crippen LogP contribution is -2.39. The van der Waals surface area contributed by atoms with Gasteiger partial charge in [-0.1, -0.05) is 60.7 Å². The van der Waals surface area contributed by atoms with Gasteiger partial charge in [0.2, 0.25) is 0 Å². The lowest BCUT2D eigenvalue weighted by atomic mass is 10.1. The second-order valence-electron chi connectivity index (χ2n) is 4.67. The summed E-state index contributed by atoms with van der Waals surface area (Å²) in [5, 5.41) is 0. The molecule has 0 radical (unpaired) electrons. The van der Waals surface area contributed by atoms with Crippen LogP contribution in [-0.4, -0.2) is 18.5 Å². The SMILES string of the molecule is O=COC(=O)[C@H](Cc1ccccc1)NOCc1ccccc1. The van der Waals surface area contributed by atoms with E-state index in [1.807, 2.05) is 60.7 Å². The number of rotatable bonds is 8. The van der Waals surface area contributed by atoms with E-state index in [9.17, 15) is 9.59 Å². The van der Waals surface area contributed by atoms with Crippen LogP contribution < -0.4 is 5.48 Å². The van der Waals surface area contributed by atoms with Crippen molar-refractivity contribution in [2.45, 2.75) is 19.1 Å². The van der Waals surface area contributed by atoms with Gasteiger partial charge in [-0.05, 0) is 11.1 Å². The summed E-state index contributed by atoms with van der Waals surface area (Å²) >= 11 is 0. The molecule has 2 aromatic rings. The van der Waals surface area contributed by atoms with E-state index in [4.69, 9.17) is 4.84 Å². The van der Waals surface area contributed by atoms with Crippen molar-refractivity contribution in [1.82, 2.24) is 5.48 Å². The zero-order valence-corrected chi connectivity index (χ0v) is 12.0. The molecule has 2 rings (SSSR count). The molecule has 0 saturated heterocycles. The van der Waals surface area contributed by atoms with Gasteiger partial charge in [0.05, 0.1) is 6.61 Å². The van der Waals surface area contributed by atoms with Crippen LogP contribution in [0.4, 0.5) is 0 Å². The van der Waals surface area contributed by atoms with Gasteiger partial charge in [-0.25, -0.2) is 4.79 Å². The summed E-state index contributed by atoms with van der Waals surface area (Å²) in [6, 6.07) is 18.2. The molecule has 0 unspecified atom stereocenters. The topological polar surface area (TPSA) is 64.6 Å². The van der Waals surface area contributed by atoms with E-state index < -0.39 is 12.0 Å². The Bertz CT molecular complexity index is 586. The van der Waals surface area contributed by atoms with Gasteiger partial charge in [-0.2, -0.15) is 5.48 Å². The molecule has 0 amide bonds. The number of hydrogen-bond acceptors (Lipinski definition) is 5. The summed E-state index contributed by atoms with van der Waals surface area (Å²) in [5.74, 6) is -0.674. The highest BCUT2D eigenvalue weighted by molar-refractivity contribution is 5.81. The number of carbonyl (C=O) groups excluding carboxylic acids is 2. The largest absolute Gasteiger partial charge is 0.394 e. The Morgan fingerprint density at radius 1 is 1.00 bits per heavy atom. The first kappa shape index (κ1) is 15.9. The normalized spacial score (nSPS) is 11.6. The molecule has 2 aromatic carbocycles. The van der Waals surface area contributed by atoms with E-state index in [1.165, 1.54) is 0 Å². The quantitative estimate of drug-likeness (QED) is 0.350. The molecule has 5 nitrogen and oxygen atoms in total. The van der Waals surface area contributed by atoms with Gasteiger partial charge in [0.15, 0.2) is 0 Å². The summed E-state index contributed by atoms with van der Waals surface area (Å²) in [6.45, 7) is 0.430. The first-order valence-corrected chi connectivity index (χ1v) is 6.89. The molecule has 0 aliphatic rings. The van der Waals surface area contributed by atoms with Gasteiger partial charge < -0.3 is 4.74 Å². The Balaban J connectivity index is 1.92. The molecule has 0 saturated carbocycles. The minimum atomic E-state index is -0.753. The van der Waals surface area contributed by atoms with E-state index in [0.717, 1.165) is 11.1 Å². The molecule has 0 fully saturated rings. The predicted octanol–water partition coefficient (Wildman–Crippen LogP) is 2.02. The fourth-order valence-corrected chi connectivity index (χ4v) is 1.95. The predicted molar refractivity (Wildman–Crippen MR) is 80.5 cm³/mol.